The van der Waals surface area contributed by atoms with Crippen molar-refractivity contribution >= 4 is 34.0 Å². The SMILES string of the molecule is IOc1ccccc1-c1nc2ccccc2n1-c1ccccc1. The summed E-state index contributed by atoms with van der Waals surface area (Å²) in [6.07, 6.45) is 0. The van der Waals surface area contributed by atoms with Gasteiger partial charge in [0.25, 0.3) is 0 Å². The first-order valence-corrected chi connectivity index (χ1v) is 8.17. The first-order valence-electron chi connectivity index (χ1n) is 7.29. The lowest BCUT2D eigenvalue weighted by atomic mass is 10.2. The number of benzene rings is 3. The summed E-state index contributed by atoms with van der Waals surface area (Å²) in [6, 6.07) is 26.4. The van der Waals surface area contributed by atoms with Crippen LogP contribution in [0.3, 0.4) is 0 Å². The molecule has 1 heterocycles. The average Bonchev–Trinajstić information content (AvgIpc) is 3.01. The number of fused-ring (bicyclic) bond motifs is 1. The highest BCUT2D eigenvalue weighted by atomic mass is 127. The van der Waals surface area contributed by atoms with Crippen molar-refractivity contribution in [2.75, 3.05) is 0 Å². The van der Waals surface area contributed by atoms with E-state index in [2.05, 4.69) is 22.8 Å². The lowest BCUT2D eigenvalue weighted by Crippen LogP contribution is -1.98. The van der Waals surface area contributed by atoms with E-state index in [1.54, 1.807) is 0 Å². The van der Waals surface area contributed by atoms with Gasteiger partial charge in [0.2, 0.25) is 0 Å². The number of nitrogens with zero attached hydrogens (tertiary/aromatic N) is 2. The number of hydrogen-bond donors (Lipinski definition) is 0. The molecule has 0 bridgehead atoms. The molecule has 3 aromatic carbocycles. The second-order valence-electron chi connectivity index (χ2n) is 5.17. The Hall–Kier alpha value is -2.34. The van der Waals surface area contributed by atoms with E-state index in [4.69, 9.17) is 8.05 Å². The summed E-state index contributed by atoms with van der Waals surface area (Å²) in [5, 5.41) is 0. The minimum atomic E-state index is 0.806. The maximum atomic E-state index is 5.50. The van der Waals surface area contributed by atoms with Gasteiger partial charge in [0.15, 0.2) is 23.0 Å². The first kappa shape index (κ1) is 14.3. The zero-order valence-electron chi connectivity index (χ0n) is 12.2. The Labute approximate surface area is 148 Å². The van der Waals surface area contributed by atoms with E-state index in [1.165, 1.54) is 0 Å². The van der Waals surface area contributed by atoms with Crippen molar-refractivity contribution in [3.05, 3.63) is 78.9 Å². The van der Waals surface area contributed by atoms with Gasteiger partial charge in [-0.15, -0.1) is 0 Å². The van der Waals surface area contributed by atoms with Crippen molar-refractivity contribution < 1.29 is 3.07 Å². The lowest BCUT2D eigenvalue weighted by molar-refractivity contribution is 0.718. The fourth-order valence-electron chi connectivity index (χ4n) is 2.76. The number of aromatic nitrogens is 2. The fraction of sp³-hybridized carbons (Fsp3) is 0. The Balaban J connectivity index is 2.07. The highest BCUT2D eigenvalue weighted by molar-refractivity contribution is 14.1. The van der Waals surface area contributed by atoms with Crippen molar-refractivity contribution in [1.29, 1.82) is 0 Å². The van der Waals surface area contributed by atoms with E-state index in [-0.39, 0.29) is 0 Å². The molecular formula is C19H13IN2O. The van der Waals surface area contributed by atoms with Crippen LogP contribution >= 0.6 is 23.0 Å². The summed E-state index contributed by atoms with van der Waals surface area (Å²) >= 11 is 1.91. The average molecular weight is 412 g/mol. The number of halogens is 1. The van der Waals surface area contributed by atoms with E-state index < -0.39 is 0 Å². The van der Waals surface area contributed by atoms with Gasteiger partial charge in [-0.05, 0) is 36.4 Å². The number of rotatable bonds is 3. The molecule has 23 heavy (non-hydrogen) atoms. The van der Waals surface area contributed by atoms with Crippen LogP contribution in [0, 0.1) is 0 Å². The van der Waals surface area contributed by atoms with E-state index in [1.807, 2.05) is 83.7 Å². The fourth-order valence-corrected chi connectivity index (χ4v) is 3.15. The third-order valence-corrected chi connectivity index (χ3v) is 4.26. The van der Waals surface area contributed by atoms with Crippen molar-refractivity contribution in [3.8, 4) is 22.8 Å². The Morgan fingerprint density at radius 1 is 0.783 bits per heavy atom. The summed E-state index contributed by atoms with van der Waals surface area (Å²) in [5.41, 5.74) is 4.10. The molecule has 0 amide bonds. The molecule has 0 aliphatic heterocycles. The third kappa shape index (κ3) is 2.49. The predicted molar refractivity (Wildman–Crippen MR) is 101 cm³/mol. The summed E-state index contributed by atoms with van der Waals surface area (Å²) in [5.74, 6) is 1.69. The maximum Gasteiger partial charge on any atom is 0.192 e. The quantitative estimate of drug-likeness (QED) is 0.420. The van der Waals surface area contributed by atoms with Crippen LogP contribution in [0.2, 0.25) is 0 Å². The summed E-state index contributed by atoms with van der Waals surface area (Å²) in [7, 11) is 0. The normalized spacial score (nSPS) is 10.8. The largest absolute Gasteiger partial charge is 0.427 e. The second kappa shape index (κ2) is 6.04. The van der Waals surface area contributed by atoms with Gasteiger partial charge in [0.1, 0.15) is 11.6 Å². The minimum Gasteiger partial charge on any atom is -0.427 e. The third-order valence-electron chi connectivity index (χ3n) is 3.79. The van der Waals surface area contributed by atoms with Crippen LogP contribution in [-0.4, -0.2) is 9.55 Å². The Morgan fingerprint density at radius 3 is 2.30 bits per heavy atom. The molecule has 0 aliphatic rings. The van der Waals surface area contributed by atoms with E-state index in [0.717, 1.165) is 33.9 Å². The summed E-state index contributed by atoms with van der Waals surface area (Å²) in [6.45, 7) is 0. The monoisotopic (exact) mass is 412 g/mol. The molecule has 0 N–H and O–H groups in total. The van der Waals surface area contributed by atoms with Crippen LogP contribution in [0.1, 0.15) is 0 Å². The van der Waals surface area contributed by atoms with E-state index in [0.29, 0.717) is 0 Å². The summed E-state index contributed by atoms with van der Waals surface area (Å²) in [4.78, 5) is 4.85. The number of imidazole rings is 1. The zero-order valence-corrected chi connectivity index (χ0v) is 14.3. The van der Waals surface area contributed by atoms with Crippen molar-refractivity contribution in [1.82, 2.24) is 9.55 Å². The molecule has 4 aromatic rings. The molecule has 3 nitrogen and oxygen atoms in total. The van der Waals surface area contributed by atoms with Gasteiger partial charge in [-0.3, -0.25) is 4.57 Å². The van der Waals surface area contributed by atoms with Crippen LogP contribution in [0.4, 0.5) is 0 Å². The van der Waals surface area contributed by atoms with Crippen molar-refractivity contribution in [2.24, 2.45) is 0 Å². The molecule has 0 saturated carbocycles. The van der Waals surface area contributed by atoms with Crippen LogP contribution < -0.4 is 3.07 Å². The molecule has 0 atom stereocenters. The standard InChI is InChI=1S/C19H13IN2O/c20-23-18-13-7-4-10-15(18)19-21-16-11-5-6-12-17(16)22(19)14-8-2-1-3-9-14/h1-13H. The van der Waals surface area contributed by atoms with Gasteiger partial charge in [-0.1, -0.05) is 42.5 Å². The van der Waals surface area contributed by atoms with Crippen LogP contribution in [-0.2, 0) is 0 Å². The number of para-hydroxylation sites is 4. The molecule has 0 radical (unpaired) electrons. The van der Waals surface area contributed by atoms with Crippen LogP contribution in [0.5, 0.6) is 5.75 Å². The maximum absolute atomic E-state index is 5.50. The lowest BCUT2D eigenvalue weighted by Gasteiger charge is -2.11. The molecule has 112 valence electrons. The van der Waals surface area contributed by atoms with Gasteiger partial charge in [-0.2, -0.15) is 0 Å². The molecular weight excluding hydrogens is 399 g/mol. The molecule has 4 heteroatoms. The predicted octanol–water partition coefficient (Wildman–Crippen LogP) is 5.42. The second-order valence-corrected chi connectivity index (χ2v) is 5.61. The molecule has 0 fully saturated rings. The molecule has 0 unspecified atom stereocenters. The van der Waals surface area contributed by atoms with Gasteiger partial charge in [0, 0.05) is 5.69 Å². The Morgan fingerprint density at radius 2 is 1.48 bits per heavy atom. The van der Waals surface area contributed by atoms with Crippen LogP contribution in [0.15, 0.2) is 78.9 Å². The molecule has 4 rings (SSSR count). The first-order chi connectivity index (χ1) is 11.4. The van der Waals surface area contributed by atoms with Gasteiger partial charge in [-0.25, -0.2) is 4.98 Å². The zero-order chi connectivity index (χ0) is 15.6. The van der Waals surface area contributed by atoms with Gasteiger partial charge in [0.05, 0.1) is 16.6 Å². The summed E-state index contributed by atoms with van der Waals surface area (Å²) < 4.78 is 7.67. The topological polar surface area (TPSA) is 27.1 Å². The van der Waals surface area contributed by atoms with Gasteiger partial charge >= 0.3 is 0 Å². The highest BCUT2D eigenvalue weighted by Crippen LogP contribution is 2.34. The van der Waals surface area contributed by atoms with E-state index >= 15 is 0 Å². The van der Waals surface area contributed by atoms with E-state index in [9.17, 15) is 0 Å². The highest BCUT2D eigenvalue weighted by Gasteiger charge is 2.16. The number of hydrogen-bond acceptors (Lipinski definition) is 2. The minimum absolute atomic E-state index is 0.806. The molecule has 1 aromatic heterocycles. The van der Waals surface area contributed by atoms with Gasteiger partial charge < -0.3 is 3.07 Å². The molecule has 0 aliphatic carbocycles. The molecule has 0 saturated heterocycles. The Kier molecular flexibility index (Phi) is 3.75. The molecule has 0 spiro atoms. The van der Waals surface area contributed by atoms with Crippen LogP contribution in [0.25, 0.3) is 28.1 Å². The Bertz CT molecular complexity index is 963. The smallest absolute Gasteiger partial charge is 0.192 e. The van der Waals surface area contributed by atoms with Crippen molar-refractivity contribution in [2.45, 2.75) is 0 Å². The van der Waals surface area contributed by atoms with Crippen molar-refractivity contribution in [3.63, 3.8) is 0 Å².